The molecule has 1 radical (unpaired) electrons. The number of carbonyl (C=O) groups is 1. The molecule has 1 fully saturated rings. The van der Waals surface area contributed by atoms with Crippen molar-refractivity contribution in [1.29, 1.82) is 0 Å². The highest BCUT2D eigenvalue weighted by atomic mass is 16.1. The monoisotopic (exact) mass is 333 g/mol. The van der Waals surface area contributed by atoms with Crippen LogP contribution in [0.5, 0.6) is 0 Å². The van der Waals surface area contributed by atoms with Gasteiger partial charge in [0.05, 0.1) is 5.56 Å². The number of carbonyl (C=O) groups excluding carboxylic acids is 1. The van der Waals surface area contributed by atoms with Crippen LogP contribution in [-0.4, -0.2) is 33.9 Å². The van der Waals surface area contributed by atoms with Crippen LogP contribution >= 0.6 is 0 Å². The molecule has 0 aliphatic carbocycles. The SMILES string of the molecule is NC(=O)c1c(-c2ccc(CN3CCCCC3)cc2)cnc2[nH]c[c]c12. The second kappa shape index (κ2) is 6.69. The lowest BCUT2D eigenvalue weighted by Crippen LogP contribution is -2.29. The average Bonchev–Trinajstić information content (AvgIpc) is 3.11. The zero-order chi connectivity index (χ0) is 17.2. The zero-order valence-electron chi connectivity index (χ0n) is 14.1. The molecule has 0 bridgehead atoms. The van der Waals surface area contributed by atoms with E-state index in [1.54, 1.807) is 12.4 Å². The Balaban J connectivity index is 1.64. The molecule has 3 N–H and O–H groups in total. The summed E-state index contributed by atoms with van der Waals surface area (Å²) in [6.07, 6.45) is 7.27. The van der Waals surface area contributed by atoms with E-state index in [-0.39, 0.29) is 0 Å². The Morgan fingerprint density at radius 2 is 1.96 bits per heavy atom. The minimum atomic E-state index is -0.462. The minimum absolute atomic E-state index is 0.462. The van der Waals surface area contributed by atoms with Crippen molar-refractivity contribution in [3.8, 4) is 11.1 Å². The molecule has 1 saturated heterocycles. The zero-order valence-corrected chi connectivity index (χ0v) is 14.1. The molecule has 0 spiro atoms. The van der Waals surface area contributed by atoms with Crippen LogP contribution in [0, 0.1) is 6.07 Å². The summed E-state index contributed by atoms with van der Waals surface area (Å²) < 4.78 is 0. The number of nitrogens with one attached hydrogen (secondary N) is 1. The lowest BCUT2D eigenvalue weighted by Gasteiger charge is -2.26. The Kier molecular flexibility index (Phi) is 4.24. The molecule has 5 heteroatoms. The number of nitrogens with two attached hydrogens (primary N) is 1. The topological polar surface area (TPSA) is 75.0 Å². The molecule has 3 heterocycles. The summed E-state index contributed by atoms with van der Waals surface area (Å²) in [6, 6.07) is 11.4. The van der Waals surface area contributed by atoms with Crippen molar-refractivity contribution in [3.05, 3.63) is 53.9 Å². The van der Waals surface area contributed by atoms with Crippen molar-refractivity contribution in [3.63, 3.8) is 0 Å². The third-order valence-corrected chi connectivity index (χ3v) is 4.87. The van der Waals surface area contributed by atoms with Gasteiger partial charge in [-0.1, -0.05) is 30.7 Å². The molecule has 0 saturated carbocycles. The number of amides is 1. The van der Waals surface area contributed by atoms with Crippen LogP contribution in [-0.2, 0) is 6.54 Å². The summed E-state index contributed by atoms with van der Waals surface area (Å²) in [5, 5.41) is 0.641. The van der Waals surface area contributed by atoms with Crippen LogP contribution in [0.25, 0.3) is 22.2 Å². The van der Waals surface area contributed by atoms with Crippen LogP contribution in [0.4, 0.5) is 0 Å². The van der Waals surface area contributed by atoms with Gasteiger partial charge in [0.2, 0.25) is 5.91 Å². The quantitative estimate of drug-likeness (QED) is 0.770. The number of pyridine rings is 1. The maximum absolute atomic E-state index is 12.0. The minimum Gasteiger partial charge on any atom is -0.366 e. The van der Waals surface area contributed by atoms with Crippen LogP contribution < -0.4 is 5.73 Å². The van der Waals surface area contributed by atoms with Crippen molar-refractivity contribution in [2.75, 3.05) is 13.1 Å². The molecule has 0 atom stereocenters. The Bertz CT molecular complexity index is 892. The van der Waals surface area contributed by atoms with Gasteiger partial charge in [-0.05, 0) is 37.1 Å². The number of aromatic nitrogens is 2. The molecule has 3 aromatic rings. The van der Waals surface area contributed by atoms with E-state index in [2.05, 4.69) is 33.1 Å². The molecule has 5 nitrogen and oxygen atoms in total. The second-order valence-corrected chi connectivity index (χ2v) is 6.60. The first-order chi connectivity index (χ1) is 12.2. The molecule has 1 aliphatic heterocycles. The van der Waals surface area contributed by atoms with E-state index in [0.717, 1.165) is 17.7 Å². The summed E-state index contributed by atoms with van der Waals surface area (Å²) in [5.41, 5.74) is 9.70. The number of hydrogen-bond acceptors (Lipinski definition) is 3. The molecular formula is C20H21N4O. The number of rotatable bonds is 4. The predicted octanol–water partition coefficient (Wildman–Crippen LogP) is 3.11. The number of primary amides is 1. The third kappa shape index (κ3) is 3.15. The summed E-state index contributed by atoms with van der Waals surface area (Å²) in [6.45, 7) is 3.33. The standard InChI is InChI=1S/C20H21N4O/c21-19(25)18-16-8-9-22-20(16)23-12-17(18)15-6-4-14(5-7-15)13-24-10-2-1-3-11-24/h4-7,9,12H,1-3,10-11,13H2,(H2,21,25)(H,22,23). The maximum Gasteiger partial charge on any atom is 0.250 e. The maximum atomic E-state index is 12.0. The lowest BCUT2D eigenvalue weighted by molar-refractivity contribution is 0.100. The Hall–Kier alpha value is -2.66. The molecule has 1 aliphatic rings. The fraction of sp³-hybridized carbons (Fsp3) is 0.300. The number of piperidine rings is 1. The summed E-state index contributed by atoms with van der Waals surface area (Å²) in [7, 11) is 0. The molecular weight excluding hydrogens is 312 g/mol. The fourth-order valence-electron chi connectivity index (χ4n) is 3.58. The lowest BCUT2D eigenvalue weighted by atomic mass is 9.98. The highest BCUT2D eigenvalue weighted by molar-refractivity contribution is 6.10. The van der Waals surface area contributed by atoms with Gasteiger partial charge >= 0.3 is 0 Å². The first-order valence-electron chi connectivity index (χ1n) is 8.71. The number of benzene rings is 1. The van der Waals surface area contributed by atoms with Crippen LogP contribution in [0.1, 0.15) is 35.2 Å². The van der Waals surface area contributed by atoms with E-state index in [0.29, 0.717) is 16.6 Å². The predicted molar refractivity (Wildman–Crippen MR) is 98.0 cm³/mol. The second-order valence-electron chi connectivity index (χ2n) is 6.60. The van der Waals surface area contributed by atoms with Gasteiger partial charge in [-0.3, -0.25) is 9.69 Å². The molecule has 2 aromatic heterocycles. The van der Waals surface area contributed by atoms with Gasteiger partial charge in [0, 0.05) is 36.0 Å². The van der Waals surface area contributed by atoms with Gasteiger partial charge in [0.15, 0.2) is 0 Å². The van der Waals surface area contributed by atoms with Gasteiger partial charge in [-0.15, -0.1) is 0 Å². The Morgan fingerprint density at radius 1 is 1.20 bits per heavy atom. The molecule has 1 amide bonds. The number of fused-ring (bicyclic) bond motifs is 1. The Labute approximate surface area is 146 Å². The summed E-state index contributed by atoms with van der Waals surface area (Å²) in [4.78, 5) is 21.8. The first kappa shape index (κ1) is 15.8. The van der Waals surface area contributed by atoms with Crippen LogP contribution in [0.2, 0.25) is 0 Å². The van der Waals surface area contributed by atoms with Crippen molar-refractivity contribution in [2.45, 2.75) is 25.8 Å². The smallest absolute Gasteiger partial charge is 0.250 e. The van der Waals surface area contributed by atoms with Gasteiger partial charge in [0.1, 0.15) is 5.65 Å². The van der Waals surface area contributed by atoms with Gasteiger partial charge in [-0.25, -0.2) is 4.98 Å². The van der Waals surface area contributed by atoms with Crippen molar-refractivity contribution in [1.82, 2.24) is 14.9 Å². The van der Waals surface area contributed by atoms with Crippen molar-refractivity contribution >= 4 is 16.9 Å². The first-order valence-corrected chi connectivity index (χ1v) is 8.71. The number of likely N-dealkylation sites (tertiary alicyclic amines) is 1. The normalized spacial score (nSPS) is 15.5. The Morgan fingerprint density at radius 3 is 2.68 bits per heavy atom. The van der Waals surface area contributed by atoms with E-state index < -0.39 is 5.91 Å². The van der Waals surface area contributed by atoms with Crippen LogP contribution in [0.15, 0.2) is 36.7 Å². The average molecular weight is 333 g/mol. The number of nitrogens with zero attached hydrogens (tertiary/aromatic N) is 2. The van der Waals surface area contributed by atoms with Crippen LogP contribution in [0.3, 0.4) is 0 Å². The molecule has 1 aromatic carbocycles. The molecule has 4 rings (SSSR count). The highest BCUT2D eigenvalue weighted by Crippen LogP contribution is 2.28. The largest absolute Gasteiger partial charge is 0.366 e. The molecule has 0 unspecified atom stereocenters. The van der Waals surface area contributed by atoms with Crippen molar-refractivity contribution < 1.29 is 4.79 Å². The molecule has 25 heavy (non-hydrogen) atoms. The van der Waals surface area contributed by atoms with Gasteiger partial charge in [-0.2, -0.15) is 0 Å². The number of H-pyrrole nitrogens is 1. The van der Waals surface area contributed by atoms with Gasteiger partial charge in [0.25, 0.3) is 0 Å². The number of aromatic amines is 1. The van der Waals surface area contributed by atoms with E-state index in [1.165, 1.54) is 37.9 Å². The summed E-state index contributed by atoms with van der Waals surface area (Å²) in [5.74, 6) is -0.462. The van der Waals surface area contributed by atoms with E-state index >= 15 is 0 Å². The van der Waals surface area contributed by atoms with Gasteiger partial charge < -0.3 is 10.7 Å². The number of hydrogen-bond donors (Lipinski definition) is 2. The highest BCUT2D eigenvalue weighted by Gasteiger charge is 2.16. The van der Waals surface area contributed by atoms with E-state index in [1.807, 2.05) is 12.1 Å². The van der Waals surface area contributed by atoms with E-state index in [9.17, 15) is 4.79 Å². The van der Waals surface area contributed by atoms with Crippen molar-refractivity contribution in [2.24, 2.45) is 5.73 Å². The summed E-state index contributed by atoms with van der Waals surface area (Å²) >= 11 is 0. The van der Waals surface area contributed by atoms with E-state index in [4.69, 9.17) is 5.73 Å². The molecule has 127 valence electrons. The third-order valence-electron chi connectivity index (χ3n) is 4.87. The fourth-order valence-corrected chi connectivity index (χ4v) is 3.58.